The minimum atomic E-state index is 0.471. The maximum Gasteiger partial charge on any atom is 0.132 e. The summed E-state index contributed by atoms with van der Waals surface area (Å²) < 4.78 is 7.12. The number of hydrogen-bond donors (Lipinski definition) is 1. The van der Waals surface area contributed by atoms with Crippen LogP contribution in [0, 0.1) is 5.92 Å². The highest BCUT2D eigenvalue weighted by atomic mass is 35.5. The van der Waals surface area contributed by atoms with Crippen molar-refractivity contribution < 1.29 is 9.84 Å². The predicted octanol–water partition coefficient (Wildman–Crippen LogP) is 7.64. The number of fused-ring (bicyclic) bond motifs is 2. The van der Waals surface area contributed by atoms with Crippen molar-refractivity contribution in [2.75, 3.05) is 6.61 Å². The minimum absolute atomic E-state index is 0.471. The molecule has 1 aliphatic carbocycles. The number of thiophene rings is 1. The van der Waals surface area contributed by atoms with Crippen LogP contribution in [0.25, 0.3) is 27.0 Å². The van der Waals surface area contributed by atoms with E-state index in [-0.39, 0.29) is 0 Å². The Labute approximate surface area is 174 Å². The fourth-order valence-corrected chi connectivity index (χ4v) is 5.56. The molecule has 3 aromatic rings. The summed E-state index contributed by atoms with van der Waals surface area (Å²) >= 11 is 7.89. The third kappa shape index (κ3) is 3.11. The van der Waals surface area contributed by atoms with Crippen LogP contribution in [0.2, 0.25) is 5.02 Å². The van der Waals surface area contributed by atoms with Gasteiger partial charge in [0.15, 0.2) is 0 Å². The van der Waals surface area contributed by atoms with Gasteiger partial charge >= 0.3 is 0 Å². The Balaban J connectivity index is 1.70. The highest BCUT2D eigenvalue weighted by Crippen LogP contribution is 2.46. The average Bonchev–Trinajstić information content (AvgIpc) is 2.91. The van der Waals surface area contributed by atoms with Gasteiger partial charge in [-0.15, -0.1) is 11.3 Å². The normalized spacial score (nSPS) is 18.9. The van der Waals surface area contributed by atoms with Gasteiger partial charge < -0.3 is 9.84 Å². The van der Waals surface area contributed by atoms with Crippen LogP contribution in [0.5, 0.6) is 5.75 Å². The lowest BCUT2D eigenvalue weighted by atomic mass is 9.89. The number of aliphatic hydroxyl groups is 1. The molecule has 1 atom stereocenters. The molecule has 2 aromatic carbocycles. The molecular weight excluding hydrogens is 388 g/mol. The van der Waals surface area contributed by atoms with Crippen LogP contribution >= 0.6 is 22.9 Å². The number of aryl methyl sites for hydroxylation is 1. The van der Waals surface area contributed by atoms with Gasteiger partial charge in [-0.05, 0) is 79.0 Å². The third-order valence-corrected chi connectivity index (χ3v) is 7.33. The molecule has 1 aliphatic heterocycles. The van der Waals surface area contributed by atoms with Gasteiger partial charge in [0.2, 0.25) is 0 Å². The molecule has 0 bridgehead atoms. The first-order valence-electron chi connectivity index (χ1n) is 9.99. The number of halogens is 1. The SMILES string of the molecule is CC1CCc2cc(-c3c(C(O)=C4CCC4)sc4cc(Cl)ccc34)ccc2OC1. The first-order chi connectivity index (χ1) is 13.6. The summed E-state index contributed by atoms with van der Waals surface area (Å²) in [6, 6.07) is 12.5. The van der Waals surface area contributed by atoms with E-state index >= 15 is 0 Å². The van der Waals surface area contributed by atoms with Crippen LogP contribution in [0.3, 0.4) is 0 Å². The zero-order valence-electron chi connectivity index (χ0n) is 15.9. The second kappa shape index (κ2) is 7.13. The first-order valence-corrected chi connectivity index (χ1v) is 11.2. The van der Waals surface area contributed by atoms with Crippen LogP contribution in [-0.4, -0.2) is 11.7 Å². The van der Waals surface area contributed by atoms with E-state index in [9.17, 15) is 5.11 Å². The molecule has 144 valence electrons. The van der Waals surface area contributed by atoms with E-state index in [4.69, 9.17) is 16.3 Å². The fourth-order valence-electron chi connectivity index (χ4n) is 4.06. The summed E-state index contributed by atoms with van der Waals surface area (Å²) in [5, 5.41) is 12.9. The molecule has 4 heteroatoms. The number of allylic oxidation sites excluding steroid dienone is 1. The van der Waals surface area contributed by atoms with Crippen molar-refractivity contribution in [3.8, 4) is 16.9 Å². The Hall–Kier alpha value is -1.97. The summed E-state index contributed by atoms with van der Waals surface area (Å²) in [7, 11) is 0. The zero-order chi connectivity index (χ0) is 19.3. The molecule has 2 aliphatic rings. The molecule has 0 amide bonds. The third-order valence-electron chi connectivity index (χ3n) is 5.94. The Morgan fingerprint density at radius 1 is 1.14 bits per heavy atom. The van der Waals surface area contributed by atoms with Crippen LogP contribution < -0.4 is 4.74 Å². The van der Waals surface area contributed by atoms with Crippen LogP contribution in [-0.2, 0) is 6.42 Å². The highest BCUT2D eigenvalue weighted by Gasteiger charge is 2.23. The zero-order valence-corrected chi connectivity index (χ0v) is 17.5. The molecule has 0 spiro atoms. The van der Waals surface area contributed by atoms with Gasteiger partial charge in [-0.2, -0.15) is 0 Å². The summed E-state index contributed by atoms with van der Waals surface area (Å²) in [4.78, 5) is 0.967. The lowest BCUT2D eigenvalue weighted by Gasteiger charge is -2.19. The quantitative estimate of drug-likeness (QED) is 0.440. The van der Waals surface area contributed by atoms with Crippen molar-refractivity contribution >= 4 is 38.8 Å². The highest BCUT2D eigenvalue weighted by molar-refractivity contribution is 7.20. The van der Waals surface area contributed by atoms with Gasteiger partial charge in [0, 0.05) is 20.7 Å². The molecule has 1 saturated carbocycles. The van der Waals surface area contributed by atoms with Crippen molar-refractivity contribution in [1.29, 1.82) is 0 Å². The van der Waals surface area contributed by atoms with Gasteiger partial charge in [-0.1, -0.05) is 30.7 Å². The number of ether oxygens (including phenoxy) is 1. The standard InChI is InChI=1S/C24H23ClO2S/c1-14-5-6-16-11-17(7-10-20(16)27-13-14)22-19-9-8-18(25)12-21(19)28-24(22)23(26)15-3-2-4-15/h7-12,14,26H,2-6,13H2,1H3. The number of benzene rings is 2. The van der Waals surface area contributed by atoms with E-state index in [0.717, 1.165) is 69.2 Å². The largest absolute Gasteiger partial charge is 0.506 e. The Morgan fingerprint density at radius 3 is 2.79 bits per heavy atom. The summed E-state index contributed by atoms with van der Waals surface area (Å²) in [5.74, 6) is 2.04. The fraction of sp³-hybridized carbons (Fsp3) is 0.333. The van der Waals surface area contributed by atoms with Gasteiger partial charge in [0.05, 0.1) is 11.5 Å². The van der Waals surface area contributed by atoms with Gasteiger partial charge in [-0.3, -0.25) is 0 Å². The summed E-state index contributed by atoms with van der Waals surface area (Å²) in [6.45, 7) is 3.02. The number of rotatable bonds is 2. The topological polar surface area (TPSA) is 29.5 Å². The molecule has 2 heterocycles. The van der Waals surface area contributed by atoms with Gasteiger partial charge in [0.25, 0.3) is 0 Å². The van der Waals surface area contributed by atoms with Gasteiger partial charge in [-0.25, -0.2) is 0 Å². The Bertz CT molecular complexity index is 1090. The van der Waals surface area contributed by atoms with Crippen LogP contribution in [0.1, 0.15) is 43.0 Å². The second-order valence-corrected chi connectivity index (χ2v) is 9.52. The van der Waals surface area contributed by atoms with E-state index in [1.807, 2.05) is 12.1 Å². The first kappa shape index (κ1) is 18.1. The molecule has 1 unspecified atom stereocenters. The molecule has 0 saturated heterocycles. The van der Waals surface area contributed by atoms with E-state index in [1.54, 1.807) is 11.3 Å². The average molecular weight is 411 g/mol. The molecule has 28 heavy (non-hydrogen) atoms. The van der Waals surface area contributed by atoms with E-state index in [1.165, 1.54) is 17.6 Å². The minimum Gasteiger partial charge on any atom is -0.506 e. The van der Waals surface area contributed by atoms with Crippen molar-refractivity contribution in [2.24, 2.45) is 5.92 Å². The van der Waals surface area contributed by atoms with Gasteiger partial charge in [0.1, 0.15) is 11.5 Å². The molecule has 1 fully saturated rings. The maximum absolute atomic E-state index is 11.0. The van der Waals surface area contributed by atoms with E-state index in [2.05, 4.69) is 31.2 Å². The summed E-state index contributed by atoms with van der Waals surface area (Å²) in [5.41, 5.74) is 4.70. The van der Waals surface area contributed by atoms with Crippen molar-refractivity contribution in [1.82, 2.24) is 0 Å². The Morgan fingerprint density at radius 2 is 2.00 bits per heavy atom. The molecule has 5 rings (SSSR count). The van der Waals surface area contributed by atoms with Crippen LogP contribution in [0.15, 0.2) is 42.0 Å². The maximum atomic E-state index is 11.0. The van der Waals surface area contributed by atoms with E-state index < -0.39 is 0 Å². The lowest BCUT2D eigenvalue weighted by Crippen LogP contribution is -2.05. The van der Waals surface area contributed by atoms with Crippen molar-refractivity contribution in [2.45, 2.75) is 39.0 Å². The molecule has 1 aromatic heterocycles. The Kier molecular flexibility index (Phi) is 4.60. The monoisotopic (exact) mass is 410 g/mol. The number of hydrogen-bond acceptors (Lipinski definition) is 3. The summed E-state index contributed by atoms with van der Waals surface area (Å²) in [6.07, 6.45) is 5.32. The predicted molar refractivity (Wildman–Crippen MR) is 119 cm³/mol. The lowest BCUT2D eigenvalue weighted by molar-refractivity contribution is 0.265. The van der Waals surface area contributed by atoms with Crippen LogP contribution in [0.4, 0.5) is 0 Å². The molecule has 2 nitrogen and oxygen atoms in total. The van der Waals surface area contributed by atoms with Crippen molar-refractivity contribution in [3.05, 3.63) is 57.4 Å². The molecular formula is C24H23ClO2S. The van der Waals surface area contributed by atoms with Crippen molar-refractivity contribution in [3.63, 3.8) is 0 Å². The molecule has 0 radical (unpaired) electrons. The second-order valence-electron chi connectivity index (χ2n) is 8.03. The number of aliphatic hydroxyl groups excluding tert-OH is 1. The smallest absolute Gasteiger partial charge is 0.132 e. The van der Waals surface area contributed by atoms with E-state index in [0.29, 0.717) is 11.7 Å². The molecule has 1 N–H and O–H groups in total.